The molecule has 0 aliphatic carbocycles. The van der Waals surface area contributed by atoms with Gasteiger partial charge in [-0.2, -0.15) is 0 Å². The van der Waals surface area contributed by atoms with E-state index in [1.54, 1.807) is 0 Å². The maximum atomic E-state index is 5.77. The van der Waals surface area contributed by atoms with Crippen LogP contribution in [0, 0.1) is 5.92 Å². The van der Waals surface area contributed by atoms with E-state index < -0.39 is 0 Å². The summed E-state index contributed by atoms with van der Waals surface area (Å²) in [7, 11) is 0. The number of benzene rings is 1. The summed E-state index contributed by atoms with van der Waals surface area (Å²) in [6, 6.07) is 8.50. The minimum atomic E-state index is 0.504. The second kappa shape index (κ2) is 10.4. The van der Waals surface area contributed by atoms with Crippen LogP contribution in [0.1, 0.15) is 45.1 Å². The third kappa shape index (κ3) is 6.87. The van der Waals surface area contributed by atoms with Gasteiger partial charge in [0.1, 0.15) is 0 Å². The first-order valence-electron chi connectivity index (χ1n) is 7.68. The average molecular weight is 342 g/mol. The van der Waals surface area contributed by atoms with Crippen molar-refractivity contribution in [3.05, 3.63) is 34.3 Å². The molecule has 1 rings (SSSR count). The molecular formula is C17H28BrNO. The molecule has 0 aliphatic rings. The lowest BCUT2D eigenvalue weighted by Crippen LogP contribution is -2.22. The molecule has 1 N–H and O–H groups in total. The molecule has 0 bridgehead atoms. The minimum Gasteiger partial charge on any atom is -0.381 e. The molecule has 3 heteroatoms. The Morgan fingerprint density at radius 1 is 1.15 bits per heavy atom. The third-order valence-electron chi connectivity index (χ3n) is 3.44. The van der Waals surface area contributed by atoms with E-state index in [4.69, 9.17) is 4.74 Å². The normalized spacial score (nSPS) is 12.8. The Labute approximate surface area is 132 Å². The predicted octanol–water partition coefficient (Wildman–Crippen LogP) is 4.60. The summed E-state index contributed by atoms with van der Waals surface area (Å²) in [6.45, 7) is 10.3. The molecule has 0 saturated carbocycles. The molecule has 1 unspecified atom stereocenters. The first-order chi connectivity index (χ1) is 9.65. The molecule has 0 aromatic heterocycles. The molecule has 114 valence electrons. The topological polar surface area (TPSA) is 21.3 Å². The smallest absolute Gasteiger partial charge is 0.0472 e. The van der Waals surface area contributed by atoms with E-state index >= 15 is 0 Å². The molecule has 1 aromatic carbocycles. The summed E-state index contributed by atoms with van der Waals surface area (Å²) in [5, 5.41) is 3.46. The number of hydrogen-bond donors (Lipinski definition) is 1. The number of rotatable bonds is 10. The molecule has 0 spiro atoms. The van der Waals surface area contributed by atoms with Gasteiger partial charge < -0.3 is 10.1 Å². The quantitative estimate of drug-likeness (QED) is 0.628. The van der Waals surface area contributed by atoms with Gasteiger partial charge in [-0.25, -0.2) is 0 Å². The highest BCUT2D eigenvalue weighted by Crippen LogP contribution is 2.27. The number of halogens is 1. The average Bonchev–Trinajstić information content (AvgIpc) is 2.42. The van der Waals surface area contributed by atoms with Gasteiger partial charge in [0.2, 0.25) is 0 Å². The molecule has 0 amide bonds. The monoisotopic (exact) mass is 341 g/mol. The highest BCUT2D eigenvalue weighted by Gasteiger charge is 2.13. The number of ether oxygens (including phenoxy) is 1. The Morgan fingerprint density at radius 2 is 1.85 bits per heavy atom. The first kappa shape index (κ1) is 17.7. The Bertz CT molecular complexity index is 368. The van der Waals surface area contributed by atoms with E-state index in [1.165, 1.54) is 10.0 Å². The molecule has 20 heavy (non-hydrogen) atoms. The van der Waals surface area contributed by atoms with Crippen LogP contribution in [0.5, 0.6) is 0 Å². The van der Waals surface area contributed by atoms with Gasteiger partial charge >= 0.3 is 0 Å². The van der Waals surface area contributed by atoms with Crippen molar-refractivity contribution in [1.29, 1.82) is 0 Å². The van der Waals surface area contributed by atoms with Crippen LogP contribution in [0.3, 0.4) is 0 Å². The molecule has 0 radical (unpaired) electrons. The Morgan fingerprint density at radius 3 is 2.50 bits per heavy atom. The fourth-order valence-electron chi connectivity index (χ4n) is 2.14. The molecular weight excluding hydrogens is 314 g/mol. The van der Waals surface area contributed by atoms with E-state index in [9.17, 15) is 0 Å². The number of likely N-dealkylation sites (N-methyl/N-ethyl adjacent to an activating group) is 1. The van der Waals surface area contributed by atoms with Crippen LogP contribution in [0.15, 0.2) is 28.7 Å². The highest BCUT2D eigenvalue weighted by atomic mass is 79.9. The van der Waals surface area contributed by atoms with Crippen LogP contribution in [0.2, 0.25) is 0 Å². The molecule has 0 aliphatic heterocycles. The van der Waals surface area contributed by atoms with Crippen molar-refractivity contribution >= 4 is 15.9 Å². The Balaban J connectivity index is 2.46. The van der Waals surface area contributed by atoms with Crippen LogP contribution in [-0.2, 0) is 4.74 Å². The molecule has 1 atom stereocenters. The summed E-state index contributed by atoms with van der Waals surface area (Å²) >= 11 is 3.66. The lowest BCUT2D eigenvalue weighted by molar-refractivity contribution is 0.116. The summed E-state index contributed by atoms with van der Waals surface area (Å²) in [5.41, 5.74) is 1.38. The summed E-state index contributed by atoms with van der Waals surface area (Å²) in [4.78, 5) is 0. The van der Waals surface area contributed by atoms with Gasteiger partial charge in [-0.15, -0.1) is 0 Å². The van der Waals surface area contributed by atoms with E-state index in [2.05, 4.69) is 66.3 Å². The highest BCUT2D eigenvalue weighted by molar-refractivity contribution is 9.10. The lowest BCUT2D eigenvalue weighted by Gasteiger charge is -2.19. The molecule has 0 saturated heterocycles. The van der Waals surface area contributed by atoms with E-state index in [0.29, 0.717) is 5.92 Å². The van der Waals surface area contributed by atoms with Crippen molar-refractivity contribution in [3.8, 4) is 0 Å². The maximum absolute atomic E-state index is 5.77. The van der Waals surface area contributed by atoms with Crippen molar-refractivity contribution < 1.29 is 4.74 Å². The fourth-order valence-corrected chi connectivity index (χ4v) is 2.75. The zero-order valence-electron chi connectivity index (χ0n) is 13.0. The van der Waals surface area contributed by atoms with Gasteiger partial charge in [0.15, 0.2) is 0 Å². The SMILES string of the molecule is CCNCC(CCOCCC(C)C)c1ccccc1Br. The summed E-state index contributed by atoms with van der Waals surface area (Å²) in [6.07, 6.45) is 2.21. The summed E-state index contributed by atoms with van der Waals surface area (Å²) in [5.74, 6) is 1.22. The van der Waals surface area contributed by atoms with Gasteiger partial charge in [0, 0.05) is 24.2 Å². The van der Waals surface area contributed by atoms with Crippen LogP contribution >= 0.6 is 15.9 Å². The largest absolute Gasteiger partial charge is 0.381 e. The molecule has 0 heterocycles. The van der Waals surface area contributed by atoms with E-state index in [-0.39, 0.29) is 0 Å². The van der Waals surface area contributed by atoms with Gasteiger partial charge in [0.25, 0.3) is 0 Å². The second-order valence-corrected chi connectivity index (χ2v) is 6.46. The van der Waals surface area contributed by atoms with Gasteiger partial charge in [-0.05, 0) is 42.9 Å². The summed E-state index contributed by atoms with van der Waals surface area (Å²) < 4.78 is 6.97. The molecule has 1 aromatic rings. The third-order valence-corrected chi connectivity index (χ3v) is 4.16. The zero-order chi connectivity index (χ0) is 14.8. The van der Waals surface area contributed by atoms with Gasteiger partial charge in [-0.1, -0.05) is 54.9 Å². The van der Waals surface area contributed by atoms with Crippen LogP contribution < -0.4 is 5.32 Å². The van der Waals surface area contributed by atoms with E-state index in [0.717, 1.165) is 45.1 Å². The van der Waals surface area contributed by atoms with Gasteiger partial charge in [-0.3, -0.25) is 0 Å². The van der Waals surface area contributed by atoms with Crippen molar-refractivity contribution in [2.75, 3.05) is 26.3 Å². The van der Waals surface area contributed by atoms with Crippen molar-refractivity contribution in [2.24, 2.45) is 5.92 Å². The maximum Gasteiger partial charge on any atom is 0.0472 e. The first-order valence-corrected chi connectivity index (χ1v) is 8.47. The van der Waals surface area contributed by atoms with Crippen LogP contribution in [0.4, 0.5) is 0 Å². The Kier molecular flexibility index (Phi) is 9.16. The molecule has 2 nitrogen and oxygen atoms in total. The van der Waals surface area contributed by atoms with Crippen LogP contribution in [0.25, 0.3) is 0 Å². The van der Waals surface area contributed by atoms with Crippen LogP contribution in [-0.4, -0.2) is 26.3 Å². The number of hydrogen-bond acceptors (Lipinski definition) is 2. The van der Waals surface area contributed by atoms with E-state index in [1.807, 2.05) is 0 Å². The standard InChI is InChI=1S/C17H28BrNO/c1-4-19-13-15(10-12-20-11-9-14(2)3)16-7-5-6-8-17(16)18/h5-8,14-15,19H,4,9-13H2,1-3H3. The number of nitrogens with one attached hydrogen (secondary N) is 1. The van der Waals surface area contributed by atoms with Crippen molar-refractivity contribution in [3.63, 3.8) is 0 Å². The minimum absolute atomic E-state index is 0.504. The van der Waals surface area contributed by atoms with Gasteiger partial charge in [0.05, 0.1) is 0 Å². The van der Waals surface area contributed by atoms with Crippen molar-refractivity contribution in [2.45, 2.75) is 39.5 Å². The second-order valence-electron chi connectivity index (χ2n) is 5.61. The Hall–Kier alpha value is -0.380. The fraction of sp³-hybridized carbons (Fsp3) is 0.647. The predicted molar refractivity (Wildman–Crippen MR) is 90.3 cm³/mol. The lowest BCUT2D eigenvalue weighted by atomic mass is 9.96. The molecule has 0 fully saturated rings. The van der Waals surface area contributed by atoms with Crippen molar-refractivity contribution in [1.82, 2.24) is 5.32 Å². The zero-order valence-corrected chi connectivity index (χ0v) is 14.6.